The molecule has 1 N–H and O–H groups in total. The maximum Gasteiger partial charge on any atom is 0.220 e. The molecule has 1 aromatic rings. The first kappa shape index (κ1) is 12.8. The van der Waals surface area contributed by atoms with Gasteiger partial charge >= 0.3 is 0 Å². The van der Waals surface area contributed by atoms with Crippen molar-refractivity contribution in [1.82, 2.24) is 5.32 Å². The quantitative estimate of drug-likeness (QED) is 0.783. The van der Waals surface area contributed by atoms with Crippen LogP contribution in [0.1, 0.15) is 32.3 Å². The second kappa shape index (κ2) is 7.04. The second-order valence-corrected chi connectivity index (χ2v) is 4.30. The van der Waals surface area contributed by atoms with Crippen LogP contribution in [0.25, 0.3) is 0 Å². The van der Waals surface area contributed by atoms with Crippen molar-refractivity contribution < 1.29 is 4.79 Å². The van der Waals surface area contributed by atoms with Crippen LogP contribution in [0, 0.1) is 5.92 Å². The molecule has 88 valence electrons. The smallest absolute Gasteiger partial charge is 0.220 e. The van der Waals surface area contributed by atoms with Crippen LogP contribution in [-0.4, -0.2) is 12.5 Å². The minimum atomic E-state index is 0.172. The summed E-state index contributed by atoms with van der Waals surface area (Å²) in [5.41, 5.74) is 1.27. The van der Waals surface area contributed by atoms with E-state index in [1.54, 1.807) is 0 Å². The van der Waals surface area contributed by atoms with Crippen molar-refractivity contribution in [3.8, 4) is 0 Å². The Morgan fingerprint density at radius 1 is 1.31 bits per heavy atom. The van der Waals surface area contributed by atoms with Gasteiger partial charge in [-0.1, -0.05) is 50.6 Å². The molecular formula is C14H21NO. The van der Waals surface area contributed by atoms with E-state index in [2.05, 4.69) is 31.3 Å². The molecule has 0 fully saturated rings. The van der Waals surface area contributed by atoms with Crippen LogP contribution < -0.4 is 5.32 Å². The van der Waals surface area contributed by atoms with Crippen molar-refractivity contribution in [1.29, 1.82) is 0 Å². The summed E-state index contributed by atoms with van der Waals surface area (Å²) in [5.74, 6) is 0.655. The molecule has 2 heteroatoms. The molecule has 0 aliphatic carbocycles. The van der Waals surface area contributed by atoms with Crippen molar-refractivity contribution >= 4 is 5.91 Å². The summed E-state index contributed by atoms with van der Waals surface area (Å²) in [4.78, 5) is 11.5. The zero-order valence-corrected chi connectivity index (χ0v) is 10.2. The molecule has 0 spiro atoms. The van der Waals surface area contributed by atoms with E-state index in [-0.39, 0.29) is 5.91 Å². The molecule has 0 bridgehead atoms. The Morgan fingerprint density at radius 2 is 2.00 bits per heavy atom. The molecule has 0 aromatic heterocycles. The third-order valence-electron chi connectivity index (χ3n) is 2.81. The number of carbonyl (C=O) groups excluding carboxylic acids is 1. The Kier molecular flexibility index (Phi) is 5.62. The van der Waals surface area contributed by atoms with Gasteiger partial charge in [0, 0.05) is 13.0 Å². The van der Waals surface area contributed by atoms with E-state index in [1.807, 2.05) is 18.2 Å². The van der Waals surface area contributed by atoms with Gasteiger partial charge in [0.15, 0.2) is 0 Å². The van der Waals surface area contributed by atoms with Crippen LogP contribution in [0.4, 0.5) is 0 Å². The highest BCUT2D eigenvalue weighted by Crippen LogP contribution is 2.05. The van der Waals surface area contributed by atoms with Crippen LogP contribution in [0.15, 0.2) is 30.3 Å². The lowest BCUT2D eigenvalue weighted by Crippen LogP contribution is -2.26. The Hall–Kier alpha value is -1.31. The number of nitrogens with one attached hydrogen (secondary N) is 1. The molecule has 0 aliphatic heterocycles. The first-order valence-electron chi connectivity index (χ1n) is 6.03. The van der Waals surface area contributed by atoms with Gasteiger partial charge in [0.2, 0.25) is 5.91 Å². The normalized spacial score (nSPS) is 12.1. The number of carbonyl (C=O) groups is 1. The number of amides is 1. The zero-order valence-electron chi connectivity index (χ0n) is 10.2. The Labute approximate surface area is 98.1 Å². The summed E-state index contributed by atoms with van der Waals surface area (Å²) < 4.78 is 0. The highest BCUT2D eigenvalue weighted by Gasteiger charge is 2.05. The summed E-state index contributed by atoms with van der Waals surface area (Å²) in [7, 11) is 0. The first-order valence-corrected chi connectivity index (χ1v) is 6.03. The Morgan fingerprint density at radius 3 is 2.62 bits per heavy atom. The lowest BCUT2D eigenvalue weighted by molar-refractivity contribution is -0.121. The molecule has 0 unspecified atom stereocenters. The van der Waals surface area contributed by atoms with Crippen molar-refractivity contribution in [2.75, 3.05) is 6.54 Å². The van der Waals surface area contributed by atoms with Crippen LogP contribution in [0.2, 0.25) is 0 Å². The molecule has 2 nitrogen and oxygen atoms in total. The van der Waals surface area contributed by atoms with Gasteiger partial charge in [0.05, 0.1) is 0 Å². The summed E-state index contributed by atoms with van der Waals surface area (Å²) in [6.45, 7) is 4.96. The largest absolute Gasteiger partial charge is 0.356 e. The highest BCUT2D eigenvalue weighted by atomic mass is 16.1. The van der Waals surface area contributed by atoms with Crippen molar-refractivity contribution in [3.63, 3.8) is 0 Å². The summed E-state index contributed by atoms with van der Waals surface area (Å²) in [5, 5.41) is 2.96. The van der Waals surface area contributed by atoms with Gasteiger partial charge < -0.3 is 5.32 Å². The molecule has 1 atom stereocenters. The number of hydrogen-bond acceptors (Lipinski definition) is 1. The molecule has 1 aromatic carbocycles. The van der Waals surface area contributed by atoms with Crippen LogP contribution in [0.3, 0.4) is 0 Å². The van der Waals surface area contributed by atoms with Gasteiger partial charge in [-0.3, -0.25) is 4.79 Å². The molecule has 0 aliphatic rings. The SMILES string of the molecule is CC[C@H](C)CC(=O)NCCc1ccccc1. The fourth-order valence-electron chi connectivity index (χ4n) is 1.52. The average molecular weight is 219 g/mol. The van der Waals surface area contributed by atoms with Crippen molar-refractivity contribution in [2.45, 2.75) is 33.1 Å². The standard InChI is InChI=1S/C14H21NO/c1-3-12(2)11-14(16)15-10-9-13-7-5-4-6-8-13/h4-8,12H,3,9-11H2,1-2H3,(H,15,16)/t12-/m0/s1. The van der Waals surface area contributed by atoms with Crippen molar-refractivity contribution in [2.24, 2.45) is 5.92 Å². The summed E-state index contributed by atoms with van der Waals surface area (Å²) in [6, 6.07) is 10.2. The van der Waals surface area contributed by atoms with Gasteiger partial charge in [-0.25, -0.2) is 0 Å². The summed E-state index contributed by atoms with van der Waals surface area (Å²) >= 11 is 0. The topological polar surface area (TPSA) is 29.1 Å². The minimum absolute atomic E-state index is 0.172. The molecule has 1 amide bonds. The van der Waals surface area contributed by atoms with Crippen LogP contribution in [-0.2, 0) is 11.2 Å². The zero-order chi connectivity index (χ0) is 11.8. The van der Waals surface area contributed by atoms with Gasteiger partial charge in [0.25, 0.3) is 0 Å². The van der Waals surface area contributed by atoms with E-state index in [9.17, 15) is 4.79 Å². The molecular weight excluding hydrogens is 198 g/mol. The number of rotatable bonds is 6. The maximum absolute atomic E-state index is 11.5. The molecule has 0 radical (unpaired) electrons. The fraction of sp³-hybridized carbons (Fsp3) is 0.500. The van der Waals surface area contributed by atoms with E-state index in [0.717, 1.165) is 19.4 Å². The molecule has 16 heavy (non-hydrogen) atoms. The second-order valence-electron chi connectivity index (χ2n) is 4.30. The van der Waals surface area contributed by atoms with Gasteiger partial charge in [0.1, 0.15) is 0 Å². The molecule has 0 heterocycles. The maximum atomic E-state index is 11.5. The van der Waals surface area contributed by atoms with E-state index < -0.39 is 0 Å². The third kappa shape index (κ3) is 4.96. The summed E-state index contributed by atoms with van der Waals surface area (Å²) in [6.07, 6.45) is 2.62. The van der Waals surface area contributed by atoms with Gasteiger partial charge in [-0.15, -0.1) is 0 Å². The monoisotopic (exact) mass is 219 g/mol. The fourth-order valence-corrected chi connectivity index (χ4v) is 1.52. The van der Waals surface area contributed by atoms with E-state index in [4.69, 9.17) is 0 Å². The molecule has 1 rings (SSSR count). The Balaban J connectivity index is 2.18. The number of hydrogen-bond donors (Lipinski definition) is 1. The average Bonchev–Trinajstić information content (AvgIpc) is 2.30. The highest BCUT2D eigenvalue weighted by molar-refractivity contribution is 5.76. The Bertz CT molecular complexity index is 308. The minimum Gasteiger partial charge on any atom is -0.356 e. The predicted molar refractivity (Wildman–Crippen MR) is 67.2 cm³/mol. The van der Waals surface area contributed by atoms with E-state index in [1.165, 1.54) is 5.56 Å². The van der Waals surface area contributed by atoms with Crippen molar-refractivity contribution in [3.05, 3.63) is 35.9 Å². The third-order valence-corrected chi connectivity index (χ3v) is 2.81. The van der Waals surface area contributed by atoms with Crippen LogP contribution in [0.5, 0.6) is 0 Å². The lowest BCUT2D eigenvalue weighted by Gasteiger charge is -2.09. The number of benzene rings is 1. The van der Waals surface area contributed by atoms with Gasteiger partial charge in [-0.05, 0) is 17.9 Å². The van der Waals surface area contributed by atoms with Crippen LogP contribution >= 0.6 is 0 Å². The molecule has 0 saturated carbocycles. The lowest BCUT2D eigenvalue weighted by atomic mass is 10.1. The first-order chi connectivity index (χ1) is 7.72. The van der Waals surface area contributed by atoms with Gasteiger partial charge in [-0.2, -0.15) is 0 Å². The van der Waals surface area contributed by atoms with E-state index >= 15 is 0 Å². The van der Waals surface area contributed by atoms with E-state index in [0.29, 0.717) is 12.3 Å². The predicted octanol–water partition coefficient (Wildman–Crippen LogP) is 2.78. The molecule has 0 saturated heterocycles.